The van der Waals surface area contributed by atoms with E-state index in [2.05, 4.69) is 10.2 Å². The fourth-order valence-electron chi connectivity index (χ4n) is 3.63. The van der Waals surface area contributed by atoms with Crippen molar-refractivity contribution in [3.63, 3.8) is 0 Å². The van der Waals surface area contributed by atoms with Gasteiger partial charge in [-0.3, -0.25) is 4.79 Å². The summed E-state index contributed by atoms with van der Waals surface area (Å²) in [5.41, 5.74) is 0.929. The Bertz CT molecular complexity index is 799. The second-order valence-corrected chi connectivity index (χ2v) is 8.28. The van der Waals surface area contributed by atoms with Crippen molar-refractivity contribution in [2.75, 3.05) is 24.6 Å². The summed E-state index contributed by atoms with van der Waals surface area (Å²) in [7, 11) is 0. The number of ether oxygens (including phenoxy) is 1. The van der Waals surface area contributed by atoms with Gasteiger partial charge in [-0.1, -0.05) is 56.2 Å². The lowest BCUT2D eigenvalue weighted by molar-refractivity contribution is -0.133. The van der Waals surface area contributed by atoms with E-state index >= 15 is 0 Å². The number of aromatic nitrogens is 2. The van der Waals surface area contributed by atoms with Crippen LogP contribution < -0.4 is 4.90 Å². The number of hydrogen-bond donors (Lipinski definition) is 0. The minimum absolute atomic E-state index is 0.0230. The zero-order chi connectivity index (χ0) is 19.0. The lowest BCUT2D eigenvalue weighted by atomic mass is 9.97. The molecule has 144 valence electrons. The first-order chi connectivity index (χ1) is 12.9. The van der Waals surface area contributed by atoms with Crippen molar-refractivity contribution in [3.8, 4) is 0 Å². The molecule has 7 heteroatoms. The predicted octanol–water partition coefficient (Wildman–Crippen LogP) is 2.37. The maximum Gasteiger partial charge on any atom is 0.318 e. The first-order valence-corrected chi connectivity index (χ1v) is 9.46. The molecule has 0 aliphatic carbocycles. The summed E-state index contributed by atoms with van der Waals surface area (Å²) in [6.45, 7) is 8.46. The highest BCUT2D eigenvalue weighted by molar-refractivity contribution is 5.77. The summed E-state index contributed by atoms with van der Waals surface area (Å²) in [4.78, 5) is 16.7. The molecule has 2 saturated heterocycles. The summed E-state index contributed by atoms with van der Waals surface area (Å²) < 4.78 is 11.9. The summed E-state index contributed by atoms with van der Waals surface area (Å²) >= 11 is 0. The second kappa shape index (κ2) is 6.96. The average molecular weight is 370 g/mol. The molecule has 0 unspecified atom stereocenters. The monoisotopic (exact) mass is 370 g/mol. The SMILES string of the molecule is CC(C)(C)c1nnc(N2C[C@@H]3OCCC(=O)N(Cc4ccccc4)[C@H]3C2)o1. The molecule has 0 bridgehead atoms. The van der Waals surface area contributed by atoms with Crippen LogP contribution in [0.1, 0.15) is 38.6 Å². The van der Waals surface area contributed by atoms with E-state index in [-0.39, 0.29) is 23.5 Å². The number of amides is 1. The smallest absolute Gasteiger partial charge is 0.318 e. The highest BCUT2D eigenvalue weighted by Crippen LogP contribution is 2.30. The van der Waals surface area contributed by atoms with Crippen molar-refractivity contribution in [1.29, 1.82) is 0 Å². The van der Waals surface area contributed by atoms with Gasteiger partial charge in [-0.05, 0) is 5.56 Å². The third-order valence-electron chi connectivity index (χ3n) is 5.13. The molecule has 1 aromatic heterocycles. The highest BCUT2D eigenvalue weighted by atomic mass is 16.5. The molecule has 0 spiro atoms. The molecular weight excluding hydrogens is 344 g/mol. The van der Waals surface area contributed by atoms with Crippen LogP contribution in [0.2, 0.25) is 0 Å². The Labute approximate surface area is 159 Å². The minimum Gasteiger partial charge on any atom is -0.407 e. The zero-order valence-corrected chi connectivity index (χ0v) is 16.1. The molecule has 4 rings (SSSR count). The first kappa shape index (κ1) is 18.0. The Hall–Kier alpha value is -2.41. The van der Waals surface area contributed by atoms with Gasteiger partial charge in [0.1, 0.15) is 0 Å². The van der Waals surface area contributed by atoms with Gasteiger partial charge in [0.05, 0.1) is 31.7 Å². The molecule has 0 saturated carbocycles. The van der Waals surface area contributed by atoms with Crippen molar-refractivity contribution < 1.29 is 13.9 Å². The number of fused-ring (bicyclic) bond motifs is 1. The molecule has 3 heterocycles. The van der Waals surface area contributed by atoms with Gasteiger partial charge in [0, 0.05) is 18.5 Å². The van der Waals surface area contributed by atoms with Crippen LogP contribution in [0.25, 0.3) is 0 Å². The van der Waals surface area contributed by atoms with E-state index in [1.807, 2.05) is 60.9 Å². The van der Waals surface area contributed by atoms with Crippen molar-refractivity contribution in [2.45, 2.75) is 51.3 Å². The largest absolute Gasteiger partial charge is 0.407 e. The van der Waals surface area contributed by atoms with Crippen molar-refractivity contribution >= 4 is 11.9 Å². The predicted molar refractivity (Wildman–Crippen MR) is 100 cm³/mol. The standard InChI is InChI=1S/C20H26N4O3/c1-20(2,3)18-21-22-19(27-18)23-12-15-16(13-23)26-10-9-17(25)24(15)11-14-7-5-4-6-8-14/h4-8,15-16H,9-13H2,1-3H3/t15-,16-/m0/s1. The second-order valence-electron chi connectivity index (χ2n) is 8.28. The summed E-state index contributed by atoms with van der Waals surface area (Å²) in [5, 5.41) is 8.41. The number of benzene rings is 1. The first-order valence-electron chi connectivity index (χ1n) is 9.46. The van der Waals surface area contributed by atoms with E-state index in [1.54, 1.807) is 0 Å². The van der Waals surface area contributed by atoms with E-state index in [4.69, 9.17) is 9.15 Å². The van der Waals surface area contributed by atoms with E-state index in [9.17, 15) is 4.79 Å². The van der Waals surface area contributed by atoms with Crippen molar-refractivity contribution in [2.24, 2.45) is 0 Å². The van der Waals surface area contributed by atoms with Crippen molar-refractivity contribution in [3.05, 3.63) is 41.8 Å². The van der Waals surface area contributed by atoms with E-state index < -0.39 is 0 Å². The molecule has 2 atom stereocenters. The number of carbonyl (C=O) groups excluding carboxylic acids is 1. The van der Waals surface area contributed by atoms with Gasteiger partial charge in [-0.2, -0.15) is 0 Å². The molecule has 2 aromatic rings. The Kier molecular flexibility index (Phi) is 4.63. The van der Waals surface area contributed by atoms with Crippen LogP contribution in [-0.2, 0) is 21.5 Å². The third kappa shape index (κ3) is 3.69. The van der Waals surface area contributed by atoms with Crippen LogP contribution in [-0.4, -0.2) is 52.8 Å². The van der Waals surface area contributed by atoms with Crippen LogP contribution >= 0.6 is 0 Å². The molecule has 7 nitrogen and oxygen atoms in total. The Morgan fingerprint density at radius 1 is 1.15 bits per heavy atom. The Morgan fingerprint density at radius 2 is 1.93 bits per heavy atom. The molecule has 2 aliphatic heterocycles. The quantitative estimate of drug-likeness (QED) is 0.826. The lowest BCUT2D eigenvalue weighted by Gasteiger charge is -2.29. The molecule has 27 heavy (non-hydrogen) atoms. The van der Waals surface area contributed by atoms with Gasteiger partial charge in [0.25, 0.3) is 0 Å². The molecular formula is C20H26N4O3. The molecule has 1 aromatic carbocycles. The van der Waals surface area contributed by atoms with Gasteiger partial charge >= 0.3 is 6.01 Å². The number of rotatable bonds is 3. The van der Waals surface area contributed by atoms with E-state index in [0.717, 1.165) is 5.56 Å². The molecule has 2 fully saturated rings. The normalized spacial score (nSPS) is 23.4. The van der Waals surface area contributed by atoms with Crippen LogP contribution in [0.3, 0.4) is 0 Å². The molecule has 1 amide bonds. The Morgan fingerprint density at radius 3 is 2.63 bits per heavy atom. The van der Waals surface area contributed by atoms with Gasteiger partial charge in [-0.15, -0.1) is 5.10 Å². The average Bonchev–Trinajstić information content (AvgIpc) is 3.25. The Balaban J connectivity index is 1.55. The maximum atomic E-state index is 12.7. The summed E-state index contributed by atoms with van der Waals surface area (Å²) in [6, 6.07) is 10.6. The van der Waals surface area contributed by atoms with Crippen molar-refractivity contribution in [1.82, 2.24) is 15.1 Å². The molecule has 0 N–H and O–H groups in total. The maximum absolute atomic E-state index is 12.7. The lowest BCUT2D eigenvalue weighted by Crippen LogP contribution is -2.45. The number of carbonyl (C=O) groups is 1. The number of hydrogen-bond acceptors (Lipinski definition) is 6. The van der Waals surface area contributed by atoms with E-state index in [1.165, 1.54) is 0 Å². The van der Waals surface area contributed by atoms with Crippen LogP contribution in [0.5, 0.6) is 0 Å². The highest BCUT2D eigenvalue weighted by Gasteiger charge is 2.43. The topological polar surface area (TPSA) is 71.7 Å². The van der Waals surface area contributed by atoms with Crippen LogP contribution in [0.15, 0.2) is 34.7 Å². The van der Waals surface area contributed by atoms with Gasteiger partial charge < -0.3 is 19.0 Å². The van der Waals surface area contributed by atoms with Crippen LogP contribution in [0, 0.1) is 0 Å². The minimum atomic E-state index is -0.193. The zero-order valence-electron chi connectivity index (χ0n) is 16.1. The summed E-state index contributed by atoms with van der Waals surface area (Å²) in [5.74, 6) is 0.747. The van der Waals surface area contributed by atoms with Gasteiger partial charge in [0.2, 0.25) is 11.8 Å². The fourth-order valence-corrected chi connectivity index (χ4v) is 3.63. The molecule has 2 aliphatic rings. The van der Waals surface area contributed by atoms with Crippen LogP contribution in [0.4, 0.5) is 6.01 Å². The number of anilines is 1. The fraction of sp³-hybridized carbons (Fsp3) is 0.550. The van der Waals surface area contributed by atoms with Gasteiger partial charge in [-0.25, -0.2) is 0 Å². The van der Waals surface area contributed by atoms with Gasteiger partial charge in [0.15, 0.2) is 0 Å². The summed E-state index contributed by atoms with van der Waals surface area (Å²) in [6.07, 6.45) is 0.374. The molecule has 0 radical (unpaired) electrons. The third-order valence-corrected chi connectivity index (χ3v) is 5.13. The van der Waals surface area contributed by atoms with E-state index in [0.29, 0.717) is 44.6 Å². The number of nitrogens with zero attached hydrogens (tertiary/aromatic N) is 4.